The van der Waals surface area contributed by atoms with Gasteiger partial charge < -0.3 is 0 Å². The summed E-state index contributed by atoms with van der Waals surface area (Å²) in [5.41, 5.74) is 1.09. The topological polar surface area (TPSA) is 17.1 Å². The van der Waals surface area contributed by atoms with Gasteiger partial charge in [-0.1, -0.05) is 56.8 Å². The lowest BCUT2D eigenvalue weighted by atomic mass is 10.2. The van der Waals surface area contributed by atoms with Crippen LogP contribution < -0.4 is 4.06 Å². The maximum Gasteiger partial charge on any atom is 0.287 e. The summed E-state index contributed by atoms with van der Waals surface area (Å²) in [6.45, 7) is 0. The molecule has 0 unspecified atom stereocenters. The van der Waals surface area contributed by atoms with E-state index in [0.717, 1.165) is 14.9 Å². The Bertz CT molecular complexity index is 472. The van der Waals surface area contributed by atoms with Crippen LogP contribution in [0.4, 0.5) is 0 Å². The standard InChI is InChI=1S/C9H5BrOS2/c10-7-4-2-1-3-6(7)8-5-12-9(11)13-8/h1-5H. The first kappa shape index (κ1) is 9.12. The summed E-state index contributed by atoms with van der Waals surface area (Å²) in [4.78, 5) is 12.0. The molecule has 0 saturated carbocycles. The van der Waals surface area contributed by atoms with E-state index in [4.69, 9.17) is 0 Å². The van der Waals surface area contributed by atoms with Crippen molar-refractivity contribution in [2.24, 2.45) is 0 Å². The lowest BCUT2D eigenvalue weighted by Crippen LogP contribution is -1.76. The lowest BCUT2D eigenvalue weighted by molar-refractivity contribution is 1.65. The molecule has 0 aliphatic heterocycles. The van der Waals surface area contributed by atoms with Gasteiger partial charge in [0, 0.05) is 15.4 Å². The maximum atomic E-state index is 11.0. The molecule has 0 aliphatic carbocycles. The summed E-state index contributed by atoms with van der Waals surface area (Å²) >= 11 is 5.99. The van der Waals surface area contributed by atoms with E-state index in [0.29, 0.717) is 0 Å². The van der Waals surface area contributed by atoms with E-state index in [-0.39, 0.29) is 4.06 Å². The van der Waals surface area contributed by atoms with Gasteiger partial charge in [0.2, 0.25) is 0 Å². The molecule has 2 rings (SSSR count). The van der Waals surface area contributed by atoms with Crippen molar-refractivity contribution < 1.29 is 0 Å². The van der Waals surface area contributed by atoms with Crippen LogP contribution in [0.3, 0.4) is 0 Å². The molecule has 0 radical (unpaired) electrons. The zero-order valence-electron chi connectivity index (χ0n) is 6.49. The van der Waals surface area contributed by atoms with E-state index < -0.39 is 0 Å². The molecule has 1 aromatic carbocycles. The largest absolute Gasteiger partial charge is 0.287 e. The van der Waals surface area contributed by atoms with Crippen LogP contribution in [0.25, 0.3) is 10.4 Å². The molecule has 66 valence electrons. The molecule has 0 atom stereocenters. The van der Waals surface area contributed by atoms with Crippen molar-refractivity contribution in [1.82, 2.24) is 0 Å². The molecule has 1 heterocycles. The fourth-order valence-corrected chi connectivity index (χ4v) is 3.39. The Morgan fingerprint density at radius 2 is 2.00 bits per heavy atom. The highest BCUT2D eigenvalue weighted by Gasteiger charge is 2.04. The van der Waals surface area contributed by atoms with Crippen LogP contribution in [0.1, 0.15) is 0 Å². The predicted molar refractivity (Wildman–Crippen MR) is 61.6 cm³/mol. The SMILES string of the molecule is O=c1scc(-c2ccccc2Br)s1. The van der Waals surface area contributed by atoms with Gasteiger partial charge in [-0.05, 0) is 6.07 Å². The molecule has 2 aromatic rings. The third-order valence-electron chi connectivity index (χ3n) is 1.59. The van der Waals surface area contributed by atoms with Crippen molar-refractivity contribution in [3.63, 3.8) is 0 Å². The number of halogens is 1. The Hall–Kier alpha value is -0.450. The van der Waals surface area contributed by atoms with E-state index >= 15 is 0 Å². The van der Waals surface area contributed by atoms with Crippen molar-refractivity contribution in [1.29, 1.82) is 0 Å². The second-order valence-corrected chi connectivity index (χ2v) is 5.40. The molecule has 0 spiro atoms. The molecule has 0 fully saturated rings. The van der Waals surface area contributed by atoms with E-state index in [9.17, 15) is 4.79 Å². The normalized spacial score (nSPS) is 10.2. The Balaban J connectivity index is 2.58. The van der Waals surface area contributed by atoms with Gasteiger partial charge in [0.05, 0.1) is 4.88 Å². The molecule has 0 N–H and O–H groups in total. The van der Waals surface area contributed by atoms with Crippen LogP contribution >= 0.6 is 38.6 Å². The number of rotatable bonds is 1. The van der Waals surface area contributed by atoms with E-state index in [2.05, 4.69) is 15.9 Å². The van der Waals surface area contributed by atoms with Crippen LogP contribution in [-0.4, -0.2) is 0 Å². The fraction of sp³-hybridized carbons (Fsp3) is 0. The predicted octanol–water partition coefficient (Wildman–Crippen LogP) is 3.60. The highest BCUT2D eigenvalue weighted by Crippen LogP contribution is 2.30. The molecular weight excluding hydrogens is 268 g/mol. The van der Waals surface area contributed by atoms with E-state index in [1.54, 1.807) is 0 Å². The van der Waals surface area contributed by atoms with Crippen molar-refractivity contribution in [2.45, 2.75) is 0 Å². The zero-order valence-corrected chi connectivity index (χ0v) is 9.71. The van der Waals surface area contributed by atoms with Crippen molar-refractivity contribution in [2.75, 3.05) is 0 Å². The Labute approximate surface area is 91.8 Å². The van der Waals surface area contributed by atoms with Crippen molar-refractivity contribution in [3.05, 3.63) is 43.0 Å². The van der Waals surface area contributed by atoms with Crippen molar-refractivity contribution in [3.8, 4) is 10.4 Å². The van der Waals surface area contributed by atoms with Gasteiger partial charge in [-0.3, -0.25) is 4.79 Å². The van der Waals surface area contributed by atoms with Gasteiger partial charge in [-0.2, -0.15) is 0 Å². The van der Waals surface area contributed by atoms with Crippen LogP contribution in [0.2, 0.25) is 0 Å². The molecule has 13 heavy (non-hydrogen) atoms. The van der Waals surface area contributed by atoms with Gasteiger partial charge in [-0.15, -0.1) is 0 Å². The number of hydrogen-bond donors (Lipinski definition) is 0. The minimum absolute atomic E-state index is 0.144. The Morgan fingerprint density at radius 1 is 1.23 bits per heavy atom. The minimum atomic E-state index is 0.144. The molecule has 4 heteroatoms. The summed E-state index contributed by atoms with van der Waals surface area (Å²) in [6, 6.07) is 7.91. The summed E-state index contributed by atoms with van der Waals surface area (Å²) < 4.78 is 1.18. The van der Waals surface area contributed by atoms with Gasteiger partial charge in [-0.25, -0.2) is 0 Å². The van der Waals surface area contributed by atoms with Crippen molar-refractivity contribution >= 4 is 38.6 Å². The lowest BCUT2D eigenvalue weighted by Gasteiger charge is -1.98. The molecule has 0 saturated heterocycles. The molecule has 1 nitrogen and oxygen atoms in total. The van der Waals surface area contributed by atoms with E-state index in [1.165, 1.54) is 22.7 Å². The van der Waals surface area contributed by atoms with Gasteiger partial charge in [0.15, 0.2) is 0 Å². The molecule has 1 aromatic heterocycles. The molecule has 0 amide bonds. The monoisotopic (exact) mass is 272 g/mol. The average molecular weight is 273 g/mol. The summed E-state index contributed by atoms with van der Waals surface area (Å²) in [5.74, 6) is 0. The van der Waals surface area contributed by atoms with Gasteiger partial charge >= 0.3 is 0 Å². The average Bonchev–Trinajstić information content (AvgIpc) is 2.53. The minimum Gasteiger partial charge on any atom is -0.265 e. The van der Waals surface area contributed by atoms with Gasteiger partial charge in [0.1, 0.15) is 0 Å². The number of hydrogen-bond acceptors (Lipinski definition) is 3. The zero-order chi connectivity index (χ0) is 9.26. The summed E-state index contributed by atoms with van der Waals surface area (Å²) in [5, 5.41) is 1.90. The quantitative estimate of drug-likeness (QED) is 0.775. The van der Waals surface area contributed by atoms with Crippen LogP contribution in [0, 0.1) is 0 Å². The molecule has 0 bridgehead atoms. The smallest absolute Gasteiger partial charge is 0.265 e. The third kappa shape index (κ3) is 1.90. The highest BCUT2D eigenvalue weighted by atomic mass is 79.9. The maximum absolute atomic E-state index is 11.0. The third-order valence-corrected chi connectivity index (χ3v) is 4.24. The fourth-order valence-electron chi connectivity index (χ4n) is 1.02. The Kier molecular flexibility index (Phi) is 2.62. The Morgan fingerprint density at radius 3 is 2.62 bits per heavy atom. The first-order chi connectivity index (χ1) is 6.27. The van der Waals surface area contributed by atoms with Gasteiger partial charge in [0.25, 0.3) is 4.06 Å². The van der Waals surface area contributed by atoms with Crippen LogP contribution in [0.15, 0.2) is 38.9 Å². The second-order valence-electron chi connectivity index (χ2n) is 2.43. The van der Waals surface area contributed by atoms with Crippen LogP contribution in [-0.2, 0) is 0 Å². The van der Waals surface area contributed by atoms with Crippen LogP contribution in [0.5, 0.6) is 0 Å². The summed E-state index contributed by atoms with van der Waals surface area (Å²) in [6.07, 6.45) is 0. The number of benzene rings is 1. The second kappa shape index (κ2) is 3.74. The van der Waals surface area contributed by atoms with E-state index in [1.807, 2.05) is 29.6 Å². The molecular formula is C9H5BrOS2. The first-order valence-corrected chi connectivity index (χ1v) is 6.10. The molecule has 0 aliphatic rings. The highest BCUT2D eigenvalue weighted by molar-refractivity contribution is 9.10. The summed E-state index contributed by atoms with van der Waals surface area (Å²) in [7, 11) is 0. The first-order valence-electron chi connectivity index (χ1n) is 3.61.